The molecule has 2 aromatic rings. The topological polar surface area (TPSA) is 87.8 Å². The fraction of sp³-hybridized carbons (Fsp3) is 0.312. The molecule has 6 nitrogen and oxygen atoms in total. The monoisotopic (exact) mass is 335 g/mol. The van der Waals surface area contributed by atoms with Crippen LogP contribution in [0.2, 0.25) is 0 Å². The second-order valence-electron chi connectivity index (χ2n) is 5.65. The molecule has 0 saturated carbocycles. The van der Waals surface area contributed by atoms with Gasteiger partial charge < -0.3 is 9.52 Å². The SMILES string of the molecule is Cc1ccc2c(c1)CCCN2S(=O)(=O)c1cc(C(=O)O)oc1C. The molecule has 3 rings (SSSR count). The summed E-state index contributed by atoms with van der Waals surface area (Å²) in [5.41, 5.74) is 2.72. The first-order chi connectivity index (χ1) is 10.8. The van der Waals surface area contributed by atoms with Crippen molar-refractivity contribution < 1.29 is 22.7 Å². The van der Waals surface area contributed by atoms with Crippen LogP contribution in [-0.4, -0.2) is 26.0 Å². The zero-order valence-corrected chi connectivity index (χ0v) is 13.7. The van der Waals surface area contributed by atoms with E-state index in [0.717, 1.165) is 30.0 Å². The van der Waals surface area contributed by atoms with E-state index in [-0.39, 0.29) is 16.4 Å². The van der Waals surface area contributed by atoms with Gasteiger partial charge in [0.15, 0.2) is 0 Å². The molecule has 1 aliphatic rings. The van der Waals surface area contributed by atoms with E-state index >= 15 is 0 Å². The third kappa shape index (κ3) is 2.61. The number of nitrogens with zero attached hydrogens (tertiary/aromatic N) is 1. The van der Waals surface area contributed by atoms with Crippen LogP contribution in [0.5, 0.6) is 0 Å². The van der Waals surface area contributed by atoms with Crippen LogP contribution in [0.15, 0.2) is 33.6 Å². The number of rotatable bonds is 3. The number of hydrogen-bond donors (Lipinski definition) is 1. The fourth-order valence-corrected chi connectivity index (χ4v) is 4.59. The van der Waals surface area contributed by atoms with Crippen molar-refractivity contribution in [3.05, 3.63) is 46.9 Å². The first-order valence-electron chi connectivity index (χ1n) is 7.26. The molecule has 0 saturated heterocycles. The second-order valence-corrected chi connectivity index (χ2v) is 7.48. The Kier molecular flexibility index (Phi) is 3.68. The largest absolute Gasteiger partial charge is 0.475 e. The number of anilines is 1. The van der Waals surface area contributed by atoms with Crippen LogP contribution >= 0.6 is 0 Å². The third-order valence-electron chi connectivity index (χ3n) is 3.96. The molecule has 1 aromatic heterocycles. The predicted molar refractivity (Wildman–Crippen MR) is 84.4 cm³/mol. The molecule has 7 heteroatoms. The number of aromatic carboxylic acids is 1. The normalized spacial score (nSPS) is 14.6. The number of benzene rings is 1. The minimum absolute atomic E-state index is 0.0848. The van der Waals surface area contributed by atoms with Gasteiger partial charge in [0, 0.05) is 12.6 Å². The van der Waals surface area contributed by atoms with E-state index in [4.69, 9.17) is 9.52 Å². The smallest absolute Gasteiger partial charge is 0.371 e. The van der Waals surface area contributed by atoms with Gasteiger partial charge >= 0.3 is 5.97 Å². The number of fused-ring (bicyclic) bond motifs is 1. The molecule has 122 valence electrons. The lowest BCUT2D eigenvalue weighted by molar-refractivity contribution is 0.0661. The Labute approximate surface area is 134 Å². The Balaban J connectivity index is 2.10. The fourth-order valence-electron chi connectivity index (χ4n) is 2.89. The molecule has 1 N–H and O–H groups in total. The highest BCUT2D eigenvalue weighted by Crippen LogP contribution is 2.34. The highest BCUT2D eigenvalue weighted by molar-refractivity contribution is 7.92. The lowest BCUT2D eigenvalue weighted by Gasteiger charge is -2.30. The molecular weight excluding hydrogens is 318 g/mol. The van der Waals surface area contributed by atoms with Gasteiger partial charge in [-0.2, -0.15) is 0 Å². The molecule has 2 heterocycles. The maximum Gasteiger partial charge on any atom is 0.371 e. The van der Waals surface area contributed by atoms with Gasteiger partial charge in [-0.25, -0.2) is 13.2 Å². The molecule has 0 atom stereocenters. The molecule has 0 spiro atoms. The van der Waals surface area contributed by atoms with Crippen molar-refractivity contribution in [2.24, 2.45) is 0 Å². The van der Waals surface area contributed by atoms with E-state index in [9.17, 15) is 13.2 Å². The summed E-state index contributed by atoms with van der Waals surface area (Å²) in [4.78, 5) is 10.9. The van der Waals surface area contributed by atoms with Crippen LogP contribution in [0.25, 0.3) is 0 Å². The third-order valence-corrected chi connectivity index (χ3v) is 5.88. The number of hydrogen-bond acceptors (Lipinski definition) is 4. The van der Waals surface area contributed by atoms with E-state index in [0.29, 0.717) is 12.2 Å². The summed E-state index contributed by atoms with van der Waals surface area (Å²) in [5, 5.41) is 8.98. The van der Waals surface area contributed by atoms with Crippen molar-refractivity contribution in [1.82, 2.24) is 0 Å². The van der Waals surface area contributed by atoms with Gasteiger partial charge in [-0.15, -0.1) is 0 Å². The highest BCUT2D eigenvalue weighted by atomic mass is 32.2. The molecule has 0 radical (unpaired) electrons. The lowest BCUT2D eigenvalue weighted by atomic mass is 10.0. The minimum atomic E-state index is -3.86. The first kappa shape index (κ1) is 15.6. The summed E-state index contributed by atoms with van der Waals surface area (Å²) in [6, 6.07) is 6.74. The van der Waals surface area contributed by atoms with Crippen molar-refractivity contribution in [3.8, 4) is 0 Å². The molecule has 0 aliphatic carbocycles. The summed E-state index contributed by atoms with van der Waals surface area (Å²) < 4.78 is 32.3. The average molecular weight is 335 g/mol. The standard InChI is InChI=1S/C16H17NO5S/c1-10-5-6-13-12(8-10)4-3-7-17(13)23(20,21)15-9-14(16(18)19)22-11(15)2/h5-6,8-9H,3-4,7H2,1-2H3,(H,18,19). The minimum Gasteiger partial charge on any atom is -0.475 e. The summed E-state index contributed by atoms with van der Waals surface area (Å²) in [6.45, 7) is 3.79. The maximum atomic E-state index is 13.0. The Morgan fingerprint density at radius 1 is 1.26 bits per heavy atom. The van der Waals surface area contributed by atoms with Crippen molar-refractivity contribution in [2.75, 3.05) is 10.8 Å². The summed E-state index contributed by atoms with van der Waals surface area (Å²) in [6.07, 6.45) is 1.55. The van der Waals surface area contributed by atoms with Crippen LogP contribution in [0.4, 0.5) is 5.69 Å². The molecular formula is C16H17NO5S. The Morgan fingerprint density at radius 3 is 2.65 bits per heavy atom. The number of carboxylic acids is 1. The van der Waals surface area contributed by atoms with Gasteiger partial charge in [0.05, 0.1) is 5.69 Å². The van der Waals surface area contributed by atoms with Crippen LogP contribution in [-0.2, 0) is 16.4 Å². The number of carboxylic acid groups (broad SMARTS) is 1. The Bertz CT molecular complexity index is 882. The van der Waals surface area contributed by atoms with Crippen LogP contribution < -0.4 is 4.31 Å². The van der Waals surface area contributed by atoms with Gasteiger partial charge in [-0.1, -0.05) is 17.7 Å². The van der Waals surface area contributed by atoms with E-state index in [1.807, 2.05) is 19.1 Å². The summed E-state index contributed by atoms with van der Waals surface area (Å²) >= 11 is 0. The van der Waals surface area contributed by atoms with Gasteiger partial charge in [0.25, 0.3) is 10.0 Å². The number of carbonyl (C=O) groups is 1. The van der Waals surface area contributed by atoms with E-state index < -0.39 is 16.0 Å². The average Bonchev–Trinajstić information content (AvgIpc) is 2.89. The van der Waals surface area contributed by atoms with Crippen LogP contribution in [0.1, 0.15) is 33.9 Å². The maximum absolute atomic E-state index is 13.0. The van der Waals surface area contributed by atoms with E-state index in [1.54, 1.807) is 6.07 Å². The van der Waals surface area contributed by atoms with Gasteiger partial charge in [-0.3, -0.25) is 4.31 Å². The van der Waals surface area contributed by atoms with Crippen molar-refractivity contribution in [3.63, 3.8) is 0 Å². The number of furan rings is 1. The molecule has 0 amide bonds. The summed E-state index contributed by atoms with van der Waals surface area (Å²) in [5.74, 6) is -1.58. The van der Waals surface area contributed by atoms with Crippen molar-refractivity contribution >= 4 is 21.7 Å². The quantitative estimate of drug-likeness (QED) is 0.932. The molecule has 0 unspecified atom stereocenters. The molecule has 1 aliphatic heterocycles. The van der Waals surface area contributed by atoms with E-state index in [1.165, 1.54) is 11.2 Å². The highest BCUT2D eigenvalue weighted by Gasteiger charge is 2.33. The van der Waals surface area contributed by atoms with Gasteiger partial charge in [0.1, 0.15) is 10.7 Å². The lowest BCUT2D eigenvalue weighted by Crippen LogP contribution is -2.35. The molecule has 1 aromatic carbocycles. The van der Waals surface area contributed by atoms with E-state index in [2.05, 4.69) is 0 Å². The van der Waals surface area contributed by atoms with Crippen molar-refractivity contribution in [1.29, 1.82) is 0 Å². The molecule has 0 bridgehead atoms. The van der Waals surface area contributed by atoms with Crippen LogP contribution in [0.3, 0.4) is 0 Å². The summed E-state index contributed by atoms with van der Waals surface area (Å²) in [7, 11) is -3.86. The molecule has 23 heavy (non-hydrogen) atoms. The molecule has 0 fully saturated rings. The van der Waals surface area contributed by atoms with Crippen LogP contribution in [0, 0.1) is 13.8 Å². The second kappa shape index (κ2) is 5.42. The predicted octanol–water partition coefficient (Wildman–Crippen LogP) is 2.74. The zero-order chi connectivity index (χ0) is 16.8. The van der Waals surface area contributed by atoms with Gasteiger partial charge in [0.2, 0.25) is 5.76 Å². The number of sulfonamides is 1. The first-order valence-corrected chi connectivity index (χ1v) is 8.70. The Morgan fingerprint density at radius 2 is 2.00 bits per heavy atom. The Hall–Kier alpha value is -2.28. The zero-order valence-electron chi connectivity index (χ0n) is 12.9. The number of aryl methyl sites for hydroxylation is 3. The van der Waals surface area contributed by atoms with Gasteiger partial charge in [-0.05, 0) is 38.3 Å². The van der Waals surface area contributed by atoms with Crippen molar-refractivity contribution in [2.45, 2.75) is 31.6 Å².